The number of amides is 1. The lowest BCUT2D eigenvalue weighted by Gasteiger charge is -2.32. The number of H-pyrrole nitrogens is 1. The van der Waals surface area contributed by atoms with E-state index in [2.05, 4.69) is 19.9 Å². The number of likely N-dealkylation sites (tertiary alicyclic amines) is 1. The molecule has 1 fully saturated rings. The van der Waals surface area contributed by atoms with Gasteiger partial charge in [-0.25, -0.2) is 15.0 Å². The van der Waals surface area contributed by atoms with Gasteiger partial charge in [-0.1, -0.05) is 0 Å². The van der Waals surface area contributed by atoms with Gasteiger partial charge in [-0.3, -0.25) is 9.59 Å². The van der Waals surface area contributed by atoms with Crippen LogP contribution in [0.5, 0.6) is 0 Å². The van der Waals surface area contributed by atoms with Crippen LogP contribution in [0.15, 0.2) is 29.6 Å². The number of nitrogens with one attached hydrogen (secondary N) is 1. The van der Waals surface area contributed by atoms with Crippen LogP contribution in [0.4, 0.5) is 0 Å². The predicted molar refractivity (Wildman–Crippen MR) is 79.5 cm³/mol. The largest absolute Gasteiger partial charge is 0.338 e. The Bertz CT molecular complexity index is 728. The molecule has 2 aromatic rings. The highest BCUT2D eigenvalue weighted by Crippen LogP contribution is 2.24. The van der Waals surface area contributed by atoms with Crippen molar-refractivity contribution in [3.63, 3.8) is 0 Å². The summed E-state index contributed by atoms with van der Waals surface area (Å²) in [4.78, 5) is 40.8. The third-order valence-electron chi connectivity index (χ3n) is 3.79. The molecule has 3 heterocycles. The van der Waals surface area contributed by atoms with Crippen LogP contribution in [0.25, 0.3) is 0 Å². The first-order chi connectivity index (χ1) is 10.6. The predicted octanol–water partition coefficient (Wildman–Crippen LogP) is 0.888. The molecule has 2 aromatic heterocycles. The molecule has 22 heavy (non-hydrogen) atoms. The Morgan fingerprint density at radius 2 is 2.14 bits per heavy atom. The lowest BCUT2D eigenvalue weighted by atomic mass is 9.96. The second kappa shape index (κ2) is 6.05. The van der Waals surface area contributed by atoms with Gasteiger partial charge < -0.3 is 9.88 Å². The van der Waals surface area contributed by atoms with Gasteiger partial charge in [0.1, 0.15) is 12.2 Å². The minimum Gasteiger partial charge on any atom is -0.338 e. The Morgan fingerprint density at radius 1 is 1.36 bits per heavy atom. The third kappa shape index (κ3) is 3.03. The molecule has 1 unspecified atom stereocenters. The van der Waals surface area contributed by atoms with Gasteiger partial charge in [0.05, 0.1) is 5.56 Å². The van der Waals surface area contributed by atoms with Gasteiger partial charge in [0.2, 0.25) is 0 Å². The zero-order chi connectivity index (χ0) is 15.5. The number of aromatic amines is 1. The number of hydrogen-bond donors (Lipinski definition) is 1. The summed E-state index contributed by atoms with van der Waals surface area (Å²) in [5, 5.41) is 0. The number of piperidine rings is 1. The molecule has 1 aliphatic rings. The molecule has 7 heteroatoms. The number of nitrogens with zero attached hydrogens (tertiary/aromatic N) is 4. The summed E-state index contributed by atoms with van der Waals surface area (Å²) in [6.07, 6.45) is 6.22. The van der Waals surface area contributed by atoms with E-state index in [-0.39, 0.29) is 17.4 Å². The van der Waals surface area contributed by atoms with E-state index in [1.165, 1.54) is 24.8 Å². The third-order valence-corrected chi connectivity index (χ3v) is 3.79. The van der Waals surface area contributed by atoms with E-state index in [0.717, 1.165) is 12.8 Å². The van der Waals surface area contributed by atoms with Crippen molar-refractivity contribution in [2.45, 2.75) is 25.7 Å². The molecule has 1 atom stereocenters. The fourth-order valence-corrected chi connectivity index (χ4v) is 2.77. The lowest BCUT2D eigenvalue weighted by molar-refractivity contribution is 0.0703. The maximum Gasteiger partial charge on any atom is 0.257 e. The Balaban J connectivity index is 1.79. The average Bonchev–Trinajstić information content (AvgIpc) is 2.54. The molecule has 3 rings (SSSR count). The molecule has 0 spiro atoms. The van der Waals surface area contributed by atoms with Gasteiger partial charge in [0.15, 0.2) is 0 Å². The SMILES string of the molecule is Cc1cc(=O)[nH]c(C2CCCN(C(=O)c3cncnc3)C2)n1. The Morgan fingerprint density at radius 3 is 2.86 bits per heavy atom. The minimum absolute atomic E-state index is 0.0509. The van der Waals surface area contributed by atoms with Crippen molar-refractivity contribution in [2.24, 2.45) is 0 Å². The maximum absolute atomic E-state index is 12.5. The van der Waals surface area contributed by atoms with Gasteiger partial charge in [-0.15, -0.1) is 0 Å². The summed E-state index contributed by atoms with van der Waals surface area (Å²) in [7, 11) is 0. The van der Waals surface area contributed by atoms with Gasteiger partial charge in [-0.2, -0.15) is 0 Å². The number of aryl methyl sites for hydroxylation is 1. The first kappa shape index (κ1) is 14.4. The van der Waals surface area contributed by atoms with Crippen LogP contribution in [0.1, 0.15) is 40.6 Å². The van der Waals surface area contributed by atoms with Gasteiger partial charge in [0.25, 0.3) is 11.5 Å². The van der Waals surface area contributed by atoms with Crippen LogP contribution in [-0.2, 0) is 0 Å². The molecule has 1 N–H and O–H groups in total. The second-order valence-electron chi connectivity index (χ2n) is 5.49. The molecule has 7 nitrogen and oxygen atoms in total. The molecular formula is C15H17N5O2. The minimum atomic E-state index is -0.151. The Kier molecular flexibility index (Phi) is 3.95. The van der Waals surface area contributed by atoms with Gasteiger partial charge in [0, 0.05) is 43.2 Å². The van der Waals surface area contributed by atoms with E-state index in [9.17, 15) is 9.59 Å². The van der Waals surface area contributed by atoms with E-state index in [4.69, 9.17) is 0 Å². The highest BCUT2D eigenvalue weighted by atomic mass is 16.2. The number of carbonyl (C=O) groups excluding carboxylic acids is 1. The first-order valence-corrected chi connectivity index (χ1v) is 7.25. The van der Waals surface area contributed by atoms with Gasteiger partial charge in [-0.05, 0) is 19.8 Å². The summed E-state index contributed by atoms with van der Waals surface area (Å²) in [5.74, 6) is 0.627. The summed E-state index contributed by atoms with van der Waals surface area (Å²) >= 11 is 0. The highest BCUT2D eigenvalue weighted by Gasteiger charge is 2.27. The quantitative estimate of drug-likeness (QED) is 0.889. The first-order valence-electron chi connectivity index (χ1n) is 7.25. The molecule has 0 radical (unpaired) electrons. The van der Waals surface area contributed by atoms with E-state index in [0.29, 0.717) is 30.2 Å². The van der Waals surface area contributed by atoms with E-state index >= 15 is 0 Å². The second-order valence-corrected chi connectivity index (χ2v) is 5.49. The Hall–Kier alpha value is -2.57. The van der Waals surface area contributed by atoms with Crippen molar-refractivity contribution in [2.75, 3.05) is 13.1 Å². The number of aromatic nitrogens is 4. The number of hydrogen-bond acceptors (Lipinski definition) is 5. The number of carbonyl (C=O) groups is 1. The molecule has 0 bridgehead atoms. The zero-order valence-electron chi connectivity index (χ0n) is 12.3. The van der Waals surface area contributed by atoms with Crippen LogP contribution < -0.4 is 5.56 Å². The molecular weight excluding hydrogens is 282 g/mol. The average molecular weight is 299 g/mol. The van der Waals surface area contributed by atoms with Crippen molar-refractivity contribution in [3.8, 4) is 0 Å². The smallest absolute Gasteiger partial charge is 0.257 e. The molecule has 0 aliphatic carbocycles. The topological polar surface area (TPSA) is 91.8 Å². The Labute approximate surface area is 127 Å². The highest BCUT2D eigenvalue weighted by molar-refractivity contribution is 5.93. The lowest BCUT2D eigenvalue weighted by Crippen LogP contribution is -2.40. The van der Waals surface area contributed by atoms with E-state index < -0.39 is 0 Å². The summed E-state index contributed by atoms with van der Waals surface area (Å²) in [6.45, 7) is 3.03. The maximum atomic E-state index is 12.5. The van der Waals surface area contributed by atoms with Crippen molar-refractivity contribution in [3.05, 3.63) is 52.2 Å². The molecule has 0 saturated carbocycles. The van der Waals surface area contributed by atoms with Crippen molar-refractivity contribution in [1.29, 1.82) is 0 Å². The molecule has 0 aromatic carbocycles. The van der Waals surface area contributed by atoms with Crippen LogP contribution >= 0.6 is 0 Å². The molecule has 1 aliphatic heterocycles. The van der Waals surface area contributed by atoms with Crippen molar-refractivity contribution in [1.82, 2.24) is 24.8 Å². The monoisotopic (exact) mass is 299 g/mol. The van der Waals surface area contributed by atoms with Crippen LogP contribution in [0, 0.1) is 6.92 Å². The van der Waals surface area contributed by atoms with E-state index in [1.807, 2.05) is 0 Å². The van der Waals surface area contributed by atoms with Crippen molar-refractivity contribution < 1.29 is 4.79 Å². The van der Waals surface area contributed by atoms with E-state index in [1.54, 1.807) is 11.8 Å². The zero-order valence-corrected chi connectivity index (χ0v) is 12.3. The molecule has 1 saturated heterocycles. The molecule has 1 amide bonds. The van der Waals surface area contributed by atoms with Crippen LogP contribution in [0.3, 0.4) is 0 Å². The summed E-state index contributed by atoms with van der Waals surface area (Å²) < 4.78 is 0. The van der Waals surface area contributed by atoms with Crippen LogP contribution in [0.2, 0.25) is 0 Å². The fourth-order valence-electron chi connectivity index (χ4n) is 2.77. The van der Waals surface area contributed by atoms with Gasteiger partial charge >= 0.3 is 0 Å². The normalized spacial score (nSPS) is 18.2. The number of rotatable bonds is 2. The van der Waals surface area contributed by atoms with Crippen LogP contribution in [-0.4, -0.2) is 43.8 Å². The summed E-state index contributed by atoms with van der Waals surface area (Å²) in [6, 6.07) is 1.47. The molecule has 114 valence electrons. The standard InChI is InChI=1S/C15H17N5O2/c1-10-5-13(21)19-14(18-10)11-3-2-4-20(8-11)15(22)12-6-16-9-17-7-12/h5-7,9,11H,2-4,8H2,1H3,(H,18,19,21). The van der Waals surface area contributed by atoms with Crippen molar-refractivity contribution >= 4 is 5.91 Å². The fraction of sp³-hybridized carbons (Fsp3) is 0.400. The summed E-state index contributed by atoms with van der Waals surface area (Å²) in [5.41, 5.74) is 1.02.